The van der Waals surface area contributed by atoms with Crippen molar-refractivity contribution in [3.05, 3.63) is 59.7 Å². The van der Waals surface area contributed by atoms with Crippen molar-refractivity contribution in [1.82, 2.24) is 10.2 Å². The standard InChI is InChI=1S/C22H30N2O3/c1-2-26-22-16-19(20(10-15-25)24-13-11-23-12-14-24)8-9-21(22)27-17-18-6-4-3-5-7-18/h3-9,16,20,23,25H,2,10-15,17H2,1H3/t20-/m1/s1. The SMILES string of the molecule is CCOc1cc([C@@H](CCO)N2CCNCC2)ccc1OCc1ccccc1. The first kappa shape index (κ1) is 19.7. The molecule has 146 valence electrons. The fraction of sp³-hybridized carbons (Fsp3) is 0.455. The number of hydrogen-bond acceptors (Lipinski definition) is 5. The topological polar surface area (TPSA) is 54.0 Å². The zero-order valence-electron chi connectivity index (χ0n) is 16.1. The zero-order chi connectivity index (χ0) is 18.9. The summed E-state index contributed by atoms with van der Waals surface area (Å²) in [6.07, 6.45) is 0.718. The van der Waals surface area contributed by atoms with Crippen LogP contribution in [0.4, 0.5) is 0 Å². The maximum atomic E-state index is 9.57. The Morgan fingerprint density at radius 1 is 1.04 bits per heavy atom. The Morgan fingerprint density at radius 2 is 1.81 bits per heavy atom. The van der Waals surface area contributed by atoms with Gasteiger partial charge in [0.1, 0.15) is 6.61 Å². The van der Waals surface area contributed by atoms with Crippen LogP contribution in [0.1, 0.15) is 30.5 Å². The molecule has 27 heavy (non-hydrogen) atoms. The van der Waals surface area contributed by atoms with Crippen molar-refractivity contribution < 1.29 is 14.6 Å². The number of aliphatic hydroxyl groups excluding tert-OH is 1. The largest absolute Gasteiger partial charge is 0.490 e. The Morgan fingerprint density at radius 3 is 2.52 bits per heavy atom. The third-order valence-electron chi connectivity index (χ3n) is 4.88. The maximum absolute atomic E-state index is 9.57. The van der Waals surface area contributed by atoms with Gasteiger partial charge in [0.15, 0.2) is 11.5 Å². The van der Waals surface area contributed by atoms with Crippen LogP contribution in [0.5, 0.6) is 11.5 Å². The van der Waals surface area contributed by atoms with Crippen LogP contribution in [0.2, 0.25) is 0 Å². The normalized spacial score (nSPS) is 16.1. The summed E-state index contributed by atoms with van der Waals surface area (Å²) in [5, 5.41) is 13.0. The molecule has 0 unspecified atom stereocenters. The van der Waals surface area contributed by atoms with Crippen LogP contribution in [0.3, 0.4) is 0 Å². The second-order valence-corrected chi connectivity index (χ2v) is 6.73. The minimum absolute atomic E-state index is 0.171. The second kappa shape index (κ2) is 10.3. The first-order valence-electron chi connectivity index (χ1n) is 9.81. The molecule has 2 N–H and O–H groups in total. The van der Waals surface area contributed by atoms with Crippen molar-refractivity contribution in [2.75, 3.05) is 39.4 Å². The number of rotatable bonds is 9. The molecule has 1 aliphatic heterocycles. The lowest BCUT2D eigenvalue weighted by Crippen LogP contribution is -2.45. The molecule has 2 aromatic carbocycles. The van der Waals surface area contributed by atoms with E-state index < -0.39 is 0 Å². The Bertz CT molecular complexity index is 687. The van der Waals surface area contributed by atoms with Gasteiger partial charge in [0.2, 0.25) is 0 Å². The summed E-state index contributed by atoms with van der Waals surface area (Å²) in [6, 6.07) is 16.5. The fourth-order valence-corrected chi connectivity index (χ4v) is 3.53. The molecule has 0 amide bonds. The molecule has 0 bridgehead atoms. The number of piperazine rings is 1. The molecular weight excluding hydrogens is 340 g/mol. The van der Waals surface area contributed by atoms with E-state index in [2.05, 4.69) is 34.5 Å². The summed E-state index contributed by atoms with van der Waals surface area (Å²) in [5.74, 6) is 1.52. The van der Waals surface area contributed by atoms with Crippen molar-refractivity contribution in [2.24, 2.45) is 0 Å². The highest BCUT2D eigenvalue weighted by atomic mass is 16.5. The molecule has 1 saturated heterocycles. The number of nitrogens with one attached hydrogen (secondary N) is 1. The predicted octanol–water partition coefficient (Wildman–Crippen LogP) is 2.99. The lowest BCUT2D eigenvalue weighted by molar-refractivity contribution is 0.140. The lowest BCUT2D eigenvalue weighted by atomic mass is 10.0. The van der Waals surface area contributed by atoms with Crippen LogP contribution in [-0.2, 0) is 6.61 Å². The van der Waals surface area contributed by atoms with E-state index in [0.29, 0.717) is 13.2 Å². The molecule has 3 rings (SSSR count). The van der Waals surface area contributed by atoms with Crippen molar-refractivity contribution in [2.45, 2.75) is 26.0 Å². The third-order valence-corrected chi connectivity index (χ3v) is 4.88. The van der Waals surface area contributed by atoms with Crippen molar-refractivity contribution in [3.8, 4) is 11.5 Å². The highest BCUT2D eigenvalue weighted by molar-refractivity contribution is 5.44. The second-order valence-electron chi connectivity index (χ2n) is 6.73. The first-order valence-corrected chi connectivity index (χ1v) is 9.81. The summed E-state index contributed by atoms with van der Waals surface area (Å²) < 4.78 is 11.9. The first-order chi connectivity index (χ1) is 13.3. The van der Waals surface area contributed by atoms with E-state index in [-0.39, 0.29) is 12.6 Å². The van der Waals surface area contributed by atoms with Gasteiger partial charge in [-0.2, -0.15) is 0 Å². The molecule has 5 heteroatoms. The molecule has 0 aliphatic carbocycles. The number of aliphatic hydroxyl groups is 1. The van der Waals surface area contributed by atoms with Crippen LogP contribution < -0.4 is 14.8 Å². The number of benzene rings is 2. The molecule has 1 atom stereocenters. The van der Waals surface area contributed by atoms with Gasteiger partial charge < -0.3 is 19.9 Å². The fourth-order valence-electron chi connectivity index (χ4n) is 3.53. The molecule has 0 aromatic heterocycles. The lowest BCUT2D eigenvalue weighted by Gasteiger charge is -2.35. The Kier molecular flexibility index (Phi) is 7.51. The van der Waals surface area contributed by atoms with Gasteiger partial charge in [0.25, 0.3) is 0 Å². The Balaban J connectivity index is 1.78. The van der Waals surface area contributed by atoms with Gasteiger partial charge in [-0.1, -0.05) is 36.4 Å². The number of nitrogens with zero attached hydrogens (tertiary/aromatic N) is 1. The molecule has 0 saturated carbocycles. The number of hydrogen-bond donors (Lipinski definition) is 2. The molecule has 1 aliphatic rings. The van der Waals surface area contributed by atoms with Crippen LogP contribution >= 0.6 is 0 Å². The van der Waals surface area contributed by atoms with Gasteiger partial charge in [-0.05, 0) is 36.6 Å². The monoisotopic (exact) mass is 370 g/mol. The van der Waals surface area contributed by atoms with Crippen LogP contribution in [0.25, 0.3) is 0 Å². The van der Waals surface area contributed by atoms with Gasteiger partial charge >= 0.3 is 0 Å². The van der Waals surface area contributed by atoms with E-state index in [1.165, 1.54) is 5.56 Å². The van der Waals surface area contributed by atoms with E-state index in [1.54, 1.807) is 0 Å². The summed E-state index contributed by atoms with van der Waals surface area (Å²) in [6.45, 7) is 7.19. The smallest absolute Gasteiger partial charge is 0.161 e. The van der Waals surface area contributed by atoms with Gasteiger partial charge in [-0.25, -0.2) is 0 Å². The Hall–Kier alpha value is -2.08. The van der Waals surface area contributed by atoms with Crippen LogP contribution in [0.15, 0.2) is 48.5 Å². The van der Waals surface area contributed by atoms with Gasteiger partial charge in [0, 0.05) is 38.8 Å². The minimum atomic E-state index is 0.171. The predicted molar refractivity (Wildman–Crippen MR) is 107 cm³/mol. The maximum Gasteiger partial charge on any atom is 0.161 e. The van der Waals surface area contributed by atoms with Crippen molar-refractivity contribution >= 4 is 0 Å². The van der Waals surface area contributed by atoms with Gasteiger partial charge in [0.05, 0.1) is 6.61 Å². The van der Waals surface area contributed by atoms with E-state index in [0.717, 1.165) is 49.7 Å². The average molecular weight is 370 g/mol. The van der Waals surface area contributed by atoms with E-state index in [9.17, 15) is 5.11 Å². The molecule has 0 spiro atoms. The van der Waals surface area contributed by atoms with E-state index >= 15 is 0 Å². The summed E-state index contributed by atoms with van der Waals surface area (Å²) >= 11 is 0. The van der Waals surface area contributed by atoms with E-state index in [1.807, 2.05) is 31.2 Å². The number of ether oxygens (including phenoxy) is 2. The van der Waals surface area contributed by atoms with Gasteiger partial charge in [-0.15, -0.1) is 0 Å². The highest BCUT2D eigenvalue weighted by Crippen LogP contribution is 2.34. The van der Waals surface area contributed by atoms with Gasteiger partial charge in [-0.3, -0.25) is 4.90 Å². The quantitative estimate of drug-likeness (QED) is 0.711. The molecule has 5 nitrogen and oxygen atoms in total. The molecule has 2 aromatic rings. The minimum Gasteiger partial charge on any atom is -0.490 e. The van der Waals surface area contributed by atoms with Crippen LogP contribution in [0, 0.1) is 0 Å². The zero-order valence-corrected chi connectivity index (χ0v) is 16.1. The summed E-state index contributed by atoms with van der Waals surface area (Å²) in [5.41, 5.74) is 2.30. The van der Waals surface area contributed by atoms with Crippen molar-refractivity contribution in [3.63, 3.8) is 0 Å². The van der Waals surface area contributed by atoms with E-state index in [4.69, 9.17) is 9.47 Å². The molecule has 0 radical (unpaired) electrons. The van der Waals surface area contributed by atoms with Crippen molar-refractivity contribution in [1.29, 1.82) is 0 Å². The molecule has 1 fully saturated rings. The summed E-state index contributed by atoms with van der Waals surface area (Å²) in [4.78, 5) is 2.43. The Labute approximate surface area is 161 Å². The highest BCUT2D eigenvalue weighted by Gasteiger charge is 2.23. The molecule has 1 heterocycles. The van der Waals surface area contributed by atoms with Crippen LogP contribution in [-0.4, -0.2) is 49.4 Å². The average Bonchev–Trinajstić information content (AvgIpc) is 2.73. The molecular formula is C22H30N2O3. The third kappa shape index (κ3) is 5.45. The summed E-state index contributed by atoms with van der Waals surface area (Å²) in [7, 11) is 0.